The molecule has 3 rings (SSSR count). The van der Waals surface area contributed by atoms with Crippen LogP contribution in [0.2, 0.25) is 0 Å². The van der Waals surface area contributed by atoms with Crippen molar-refractivity contribution in [2.24, 2.45) is 5.92 Å². The summed E-state index contributed by atoms with van der Waals surface area (Å²) in [4.78, 5) is 28.3. The van der Waals surface area contributed by atoms with Gasteiger partial charge < -0.3 is 20.3 Å². The van der Waals surface area contributed by atoms with Gasteiger partial charge in [0.15, 0.2) is 0 Å². The van der Waals surface area contributed by atoms with E-state index in [1.165, 1.54) is 11.3 Å². The molecule has 0 unspecified atom stereocenters. The Balaban J connectivity index is 1.75. The summed E-state index contributed by atoms with van der Waals surface area (Å²) in [6.07, 6.45) is 3.00. The summed E-state index contributed by atoms with van der Waals surface area (Å²) in [6.45, 7) is 7.97. The molecule has 7 heteroatoms. The van der Waals surface area contributed by atoms with E-state index in [1.807, 2.05) is 30.5 Å². The minimum atomic E-state index is -0.160. The second-order valence-corrected chi connectivity index (χ2v) is 8.59. The van der Waals surface area contributed by atoms with E-state index in [-0.39, 0.29) is 11.8 Å². The molecule has 1 aliphatic rings. The van der Waals surface area contributed by atoms with E-state index in [1.54, 1.807) is 12.1 Å². The van der Waals surface area contributed by atoms with Crippen molar-refractivity contribution in [3.05, 3.63) is 46.2 Å². The first kappa shape index (κ1) is 22.3. The van der Waals surface area contributed by atoms with E-state index in [4.69, 9.17) is 4.74 Å². The van der Waals surface area contributed by atoms with Crippen LogP contribution in [0.3, 0.4) is 0 Å². The summed E-state index contributed by atoms with van der Waals surface area (Å²) >= 11 is 1.39. The largest absolute Gasteiger partial charge is 0.382 e. The predicted molar refractivity (Wildman–Crippen MR) is 123 cm³/mol. The van der Waals surface area contributed by atoms with Gasteiger partial charge in [0.25, 0.3) is 11.8 Å². The average Bonchev–Trinajstić information content (AvgIpc) is 3.29. The molecule has 0 aliphatic carbocycles. The Morgan fingerprint density at radius 3 is 2.70 bits per heavy atom. The van der Waals surface area contributed by atoms with Crippen LogP contribution in [0.15, 0.2) is 35.7 Å². The van der Waals surface area contributed by atoms with Gasteiger partial charge in [0.2, 0.25) is 0 Å². The van der Waals surface area contributed by atoms with Crippen molar-refractivity contribution in [2.45, 2.75) is 33.1 Å². The van der Waals surface area contributed by atoms with Gasteiger partial charge in [0, 0.05) is 44.2 Å². The Labute approximate surface area is 182 Å². The smallest absolute Gasteiger partial charge is 0.265 e. The van der Waals surface area contributed by atoms with Crippen molar-refractivity contribution in [3.8, 4) is 0 Å². The number of hydrogen-bond donors (Lipinski definition) is 2. The lowest BCUT2D eigenvalue weighted by Crippen LogP contribution is -2.35. The lowest BCUT2D eigenvalue weighted by molar-refractivity contribution is 0.0943. The number of benzene rings is 1. The van der Waals surface area contributed by atoms with E-state index in [0.717, 1.165) is 38.0 Å². The van der Waals surface area contributed by atoms with Gasteiger partial charge in [-0.2, -0.15) is 0 Å². The standard InChI is InChI=1S/C23H31N3O3S/c1-3-29-14-5-11-24-22(27)19-16-18(25-23(28)21-6-4-15-30-21)7-8-20(19)26-12-9-17(2)10-13-26/h4,6-8,15-17H,3,5,9-14H2,1-2H3,(H,24,27)(H,25,28). The number of hydrogen-bond acceptors (Lipinski definition) is 5. The summed E-state index contributed by atoms with van der Waals surface area (Å²) in [5.74, 6) is 0.432. The van der Waals surface area contributed by atoms with Gasteiger partial charge in [-0.05, 0) is 61.7 Å². The van der Waals surface area contributed by atoms with Crippen molar-refractivity contribution in [1.29, 1.82) is 0 Å². The van der Waals surface area contributed by atoms with Gasteiger partial charge >= 0.3 is 0 Å². The fourth-order valence-corrected chi connectivity index (χ4v) is 4.16. The van der Waals surface area contributed by atoms with Crippen molar-refractivity contribution >= 4 is 34.5 Å². The summed E-state index contributed by atoms with van der Waals surface area (Å²) in [5, 5.41) is 7.78. The van der Waals surface area contributed by atoms with E-state index < -0.39 is 0 Å². The van der Waals surface area contributed by atoms with Crippen LogP contribution in [0.1, 0.15) is 53.1 Å². The molecule has 0 radical (unpaired) electrons. The van der Waals surface area contributed by atoms with Gasteiger partial charge in [-0.3, -0.25) is 9.59 Å². The molecule has 2 heterocycles. The third-order valence-corrected chi connectivity index (χ3v) is 6.19. The fourth-order valence-electron chi connectivity index (χ4n) is 3.54. The molecule has 6 nitrogen and oxygen atoms in total. The van der Waals surface area contributed by atoms with Crippen LogP contribution >= 0.6 is 11.3 Å². The number of carbonyl (C=O) groups excluding carboxylic acids is 2. The van der Waals surface area contributed by atoms with Crippen LogP contribution in [0.5, 0.6) is 0 Å². The van der Waals surface area contributed by atoms with Crippen LogP contribution in [0, 0.1) is 5.92 Å². The molecule has 162 valence electrons. The highest BCUT2D eigenvalue weighted by Gasteiger charge is 2.22. The molecule has 2 aromatic rings. The lowest BCUT2D eigenvalue weighted by atomic mass is 9.97. The monoisotopic (exact) mass is 429 g/mol. The molecular formula is C23H31N3O3S. The number of nitrogens with one attached hydrogen (secondary N) is 2. The maximum atomic E-state index is 13.0. The molecule has 1 aliphatic heterocycles. The molecule has 1 aromatic carbocycles. The molecule has 0 spiro atoms. The number of thiophene rings is 1. The summed E-state index contributed by atoms with van der Waals surface area (Å²) in [7, 11) is 0. The molecule has 1 saturated heterocycles. The highest BCUT2D eigenvalue weighted by Crippen LogP contribution is 2.29. The summed E-state index contributed by atoms with van der Waals surface area (Å²) in [5.41, 5.74) is 2.16. The third kappa shape index (κ3) is 6.06. The topological polar surface area (TPSA) is 70.7 Å². The van der Waals surface area contributed by atoms with Crippen LogP contribution in [-0.4, -0.2) is 44.7 Å². The first-order valence-corrected chi connectivity index (χ1v) is 11.6. The second kappa shape index (κ2) is 11.1. The van der Waals surface area contributed by atoms with E-state index in [2.05, 4.69) is 22.5 Å². The predicted octanol–water partition coefficient (Wildman–Crippen LogP) is 4.39. The average molecular weight is 430 g/mol. The molecule has 2 N–H and O–H groups in total. The molecule has 1 aromatic heterocycles. The quantitative estimate of drug-likeness (QED) is 0.580. The number of rotatable bonds is 9. The summed E-state index contributed by atoms with van der Waals surface area (Å²) in [6, 6.07) is 9.26. The SMILES string of the molecule is CCOCCCNC(=O)c1cc(NC(=O)c2cccs2)ccc1N1CCC(C)CC1. The zero-order valence-corrected chi connectivity index (χ0v) is 18.6. The van der Waals surface area contributed by atoms with Gasteiger partial charge in [-0.25, -0.2) is 0 Å². The highest BCUT2D eigenvalue weighted by molar-refractivity contribution is 7.12. The van der Waals surface area contributed by atoms with Crippen LogP contribution in [-0.2, 0) is 4.74 Å². The fraction of sp³-hybridized carbons (Fsp3) is 0.478. The van der Waals surface area contributed by atoms with Crippen molar-refractivity contribution in [2.75, 3.05) is 43.1 Å². The lowest BCUT2D eigenvalue weighted by Gasteiger charge is -2.33. The molecule has 30 heavy (non-hydrogen) atoms. The van der Waals surface area contributed by atoms with Crippen molar-refractivity contribution < 1.29 is 14.3 Å². The first-order chi connectivity index (χ1) is 14.6. The molecular weight excluding hydrogens is 398 g/mol. The van der Waals surface area contributed by atoms with Crippen LogP contribution < -0.4 is 15.5 Å². The number of amides is 2. The number of ether oxygens (including phenoxy) is 1. The van der Waals surface area contributed by atoms with Gasteiger partial charge in [0.1, 0.15) is 0 Å². The Hall–Kier alpha value is -2.38. The minimum Gasteiger partial charge on any atom is -0.382 e. The molecule has 0 atom stereocenters. The number of nitrogens with zero attached hydrogens (tertiary/aromatic N) is 1. The number of anilines is 2. The zero-order chi connectivity index (χ0) is 21.3. The van der Waals surface area contributed by atoms with Gasteiger partial charge in [-0.1, -0.05) is 13.0 Å². The molecule has 2 amide bonds. The third-order valence-electron chi connectivity index (χ3n) is 5.32. The second-order valence-electron chi connectivity index (χ2n) is 7.64. The van der Waals surface area contributed by atoms with E-state index >= 15 is 0 Å². The maximum absolute atomic E-state index is 13.0. The maximum Gasteiger partial charge on any atom is 0.265 e. The Bertz CT molecular complexity index is 830. The van der Waals surface area contributed by atoms with Gasteiger partial charge in [-0.15, -0.1) is 11.3 Å². The molecule has 1 fully saturated rings. The molecule has 0 saturated carbocycles. The normalized spacial score (nSPS) is 14.5. The summed E-state index contributed by atoms with van der Waals surface area (Å²) < 4.78 is 5.34. The Morgan fingerprint density at radius 2 is 2.00 bits per heavy atom. The Morgan fingerprint density at radius 1 is 1.20 bits per heavy atom. The Kier molecular flexibility index (Phi) is 8.28. The minimum absolute atomic E-state index is 0.118. The molecule has 0 bridgehead atoms. The van der Waals surface area contributed by atoms with E-state index in [0.29, 0.717) is 41.8 Å². The first-order valence-electron chi connectivity index (χ1n) is 10.7. The van der Waals surface area contributed by atoms with Crippen molar-refractivity contribution in [1.82, 2.24) is 5.32 Å². The highest BCUT2D eigenvalue weighted by atomic mass is 32.1. The van der Waals surface area contributed by atoms with Gasteiger partial charge in [0.05, 0.1) is 10.4 Å². The van der Waals surface area contributed by atoms with Crippen LogP contribution in [0.25, 0.3) is 0 Å². The van der Waals surface area contributed by atoms with E-state index in [9.17, 15) is 9.59 Å². The zero-order valence-electron chi connectivity index (χ0n) is 17.8. The number of carbonyl (C=O) groups is 2. The van der Waals surface area contributed by atoms with Crippen LogP contribution in [0.4, 0.5) is 11.4 Å². The number of piperidine rings is 1. The van der Waals surface area contributed by atoms with Crippen molar-refractivity contribution in [3.63, 3.8) is 0 Å².